The standard InChI is InChI=1S/C29H38ClN4O2S.C6H10F2/c1-7-9-22(15-16-32-21(3)33-34(6,35)37)20-36-26-13-11-24(12-14-26)29(4,5)25-17-23(19-31)27(10-8-2)28(30)18-25;1-2-5-3-6(7,8)4-5/h9,11-18,35,37H,7-8,10,20H2,1-6H3,(H,32,33);5H,2-4H2,1H3/q+1;/b16-15-,22-9-;. The number of benzene rings is 2. The van der Waals surface area contributed by atoms with Crippen molar-refractivity contribution in [1.82, 2.24) is 5.32 Å². The molecule has 246 valence electrons. The summed E-state index contributed by atoms with van der Waals surface area (Å²) in [6.45, 7) is 12.5. The van der Waals surface area contributed by atoms with E-state index in [1.54, 1.807) is 13.1 Å². The maximum atomic E-state index is 12.0. The molecule has 0 bridgehead atoms. The van der Waals surface area contributed by atoms with Gasteiger partial charge < -0.3 is 10.1 Å². The summed E-state index contributed by atoms with van der Waals surface area (Å²) in [7, 11) is 1.43. The van der Waals surface area contributed by atoms with Crippen LogP contribution in [0.15, 0.2) is 65.4 Å². The van der Waals surface area contributed by atoms with E-state index in [0.29, 0.717) is 28.9 Å². The van der Waals surface area contributed by atoms with E-state index in [2.05, 4.69) is 75.2 Å². The van der Waals surface area contributed by atoms with Gasteiger partial charge in [0.05, 0.1) is 11.6 Å². The molecule has 1 atom stereocenters. The molecule has 1 unspecified atom stereocenters. The molecule has 1 saturated carbocycles. The van der Waals surface area contributed by atoms with Crippen LogP contribution in [0.4, 0.5) is 8.78 Å². The first kappa shape index (κ1) is 38.3. The van der Waals surface area contributed by atoms with Gasteiger partial charge in [-0.25, -0.2) is 8.78 Å². The number of nitrogens with one attached hydrogen (secondary N) is 1. The Labute approximate surface area is 278 Å². The molecule has 1 fully saturated rings. The average molecular weight is 662 g/mol. The third kappa shape index (κ3) is 12.4. The first-order valence-electron chi connectivity index (χ1n) is 15.4. The summed E-state index contributed by atoms with van der Waals surface area (Å²) < 4.78 is 29.2. The summed E-state index contributed by atoms with van der Waals surface area (Å²) in [4.78, 5) is 0. The van der Waals surface area contributed by atoms with Crippen LogP contribution in [0.2, 0.25) is 5.02 Å². The minimum absolute atomic E-state index is 0.128. The lowest BCUT2D eigenvalue weighted by atomic mass is 9.77. The Hall–Kier alpha value is -2.90. The molecule has 0 saturated heterocycles. The molecule has 0 amide bonds. The van der Waals surface area contributed by atoms with Gasteiger partial charge in [0.25, 0.3) is 0 Å². The highest BCUT2D eigenvalue weighted by molar-refractivity contribution is 7.74. The van der Waals surface area contributed by atoms with Gasteiger partial charge in [-0.2, -0.15) is 10.5 Å². The molecule has 0 aromatic heterocycles. The number of rotatable bonds is 12. The van der Waals surface area contributed by atoms with Gasteiger partial charge in [-0.05, 0) is 87.6 Å². The summed E-state index contributed by atoms with van der Waals surface area (Å²) in [5.41, 5.74) is 4.34. The van der Waals surface area contributed by atoms with Gasteiger partial charge >= 0.3 is 0 Å². The first-order valence-corrected chi connectivity index (χ1v) is 16.2. The highest BCUT2D eigenvalue weighted by Gasteiger charge is 2.43. The Kier molecular flexibility index (Phi) is 14.6. The van der Waals surface area contributed by atoms with Crippen molar-refractivity contribution < 1.29 is 22.9 Å². The van der Waals surface area contributed by atoms with E-state index in [0.717, 1.165) is 53.7 Å². The molecule has 10 heteroatoms. The van der Waals surface area contributed by atoms with Crippen LogP contribution in [0.3, 0.4) is 0 Å². The predicted molar refractivity (Wildman–Crippen MR) is 183 cm³/mol. The van der Waals surface area contributed by atoms with Crippen molar-refractivity contribution in [3.63, 3.8) is 0 Å². The number of nitriles is 1. The lowest BCUT2D eigenvalue weighted by Crippen LogP contribution is -2.34. The monoisotopic (exact) mass is 661 g/mol. The normalized spacial score (nSPS) is 16.7. The average Bonchev–Trinajstić information content (AvgIpc) is 2.95. The second-order valence-corrected chi connectivity index (χ2v) is 13.2. The van der Waals surface area contributed by atoms with Crippen LogP contribution in [0.5, 0.6) is 5.75 Å². The number of quaternary nitrogens is 1. The quantitative estimate of drug-likeness (QED) is 0.0528. The second-order valence-electron chi connectivity index (χ2n) is 12.0. The molecule has 2 aromatic rings. The number of ether oxygens (including phenoxy) is 1. The van der Waals surface area contributed by atoms with Crippen molar-refractivity contribution in [3.05, 3.63) is 87.6 Å². The largest absolute Gasteiger partial charge is 0.489 e. The molecule has 1 aliphatic carbocycles. The van der Waals surface area contributed by atoms with Crippen molar-refractivity contribution in [2.24, 2.45) is 11.0 Å². The fourth-order valence-corrected chi connectivity index (χ4v) is 5.44. The molecular weight excluding hydrogens is 614 g/mol. The van der Waals surface area contributed by atoms with E-state index in [1.807, 2.05) is 37.3 Å². The van der Waals surface area contributed by atoms with E-state index in [4.69, 9.17) is 16.3 Å². The zero-order chi connectivity index (χ0) is 33.8. The van der Waals surface area contributed by atoms with Crippen molar-refractivity contribution in [2.75, 3.05) is 13.7 Å². The molecule has 2 aromatic carbocycles. The molecule has 0 spiro atoms. The number of thiol groups is 1. The van der Waals surface area contributed by atoms with Crippen LogP contribution >= 0.6 is 24.4 Å². The Morgan fingerprint density at radius 1 is 1.22 bits per heavy atom. The smallest absolute Gasteiger partial charge is 0.248 e. The molecule has 45 heavy (non-hydrogen) atoms. The van der Waals surface area contributed by atoms with Gasteiger partial charge in [0, 0.05) is 29.5 Å². The zero-order valence-electron chi connectivity index (χ0n) is 27.5. The van der Waals surface area contributed by atoms with Crippen LogP contribution in [0, 0.1) is 17.2 Å². The second kappa shape index (κ2) is 17.1. The Morgan fingerprint density at radius 3 is 2.36 bits per heavy atom. The van der Waals surface area contributed by atoms with Crippen LogP contribution < -0.4 is 10.1 Å². The number of halogens is 3. The number of alkyl halides is 2. The van der Waals surface area contributed by atoms with Crippen molar-refractivity contribution in [1.29, 1.82) is 5.26 Å². The van der Waals surface area contributed by atoms with E-state index in [1.165, 1.54) is 7.05 Å². The Bertz CT molecular complexity index is 1390. The fourth-order valence-electron chi connectivity index (χ4n) is 5.00. The van der Waals surface area contributed by atoms with E-state index in [9.17, 15) is 19.2 Å². The number of hydroxylamine groups is 1. The molecule has 2 N–H and O–H groups in total. The third-order valence-corrected chi connectivity index (χ3v) is 8.09. The lowest BCUT2D eigenvalue weighted by Gasteiger charge is -2.33. The van der Waals surface area contributed by atoms with Gasteiger partial charge in [-0.3, -0.25) is 0 Å². The highest BCUT2D eigenvalue weighted by Crippen LogP contribution is 2.43. The van der Waals surface area contributed by atoms with E-state index >= 15 is 0 Å². The third-order valence-electron chi connectivity index (χ3n) is 7.67. The molecule has 3 rings (SSSR count). The predicted octanol–water partition coefficient (Wildman–Crippen LogP) is 9.76. The first-order chi connectivity index (χ1) is 21.0. The highest BCUT2D eigenvalue weighted by atomic mass is 35.5. The maximum absolute atomic E-state index is 12.0. The fraction of sp³-hybridized carbons (Fsp3) is 0.486. The SMILES string of the molecule is CC/C=C(/C=C\N/C(C)=N\[N+](C)(O)S)COc1ccc(C(C)(C)c2cc(Cl)c(CCC)c(C#N)c2)cc1.CCC1CC(F)(F)C1. The molecular formula is C35H48ClF2N4O2S+. The van der Waals surface area contributed by atoms with E-state index < -0.39 is 10.1 Å². The molecule has 6 nitrogen and oxygen atoms in total. The van der Waals surface area contributed by atoms with Gasteiger partial charge in [0.1, 0.15) is 32.2 Å². The van der Waals surface area contributed by atoms with Gasteiger partial charge in [-0.15, -0.1) is 0 Å². The number of nitrogens with zero attached hydrogens (tertiary/aromatic N) is 3. The van der Waals surface area contributed by atoms with Crippen molar-refractivity contribution in [3.8, 4) is 11.8 Å². The molecule has 0 aliphatic heterocycles. The minimum Gasteiger partial charge on any atom is -0.489 e. The summed E-state index contributed by atoms with van der Waals surface area (Å²) in [5, 5.41) is 26.9. The number of allylic oxidation sites excluding steroid dienone is 1. The van der Waals surface area contributed by atoms with Crippen LogP contribution in [-0.4, -0.2) is 34.8 Å². The summed E-state index contributed by atoms with van der Waals surface area (Å²) >= 11 is 10.5. The van der Waals surface area contributed by atoms with Crippen molar-refractivity contribution >= 4 is 30.3 Å². The molecule has 0 heterocycles. The topological polar surface area (TPSA) is 77.6 Å². The van der Waals surface area contributed by atoms with Crippen LogP contribution in [0.25, 0.3) is 0 Å². The molecule has 0 radical (unpaired) electrons. The summed E-state index contributed by atoms with van der Waals surface area (Å²) in [5.74, 6) is -0.710. The van der Waals surface area contributed by atoms with Gasteiger partial charge in [0.15, 0.2) is 5.84 Å². The number of amidine groups is 1. The molecule has 1 aliphatic rings. The number of hydrogen-bond donors (Lipinski definition) is 3. The Balaban J connectivity index is 0.000000761. The van der Waals surface area contributed by atoms with Crippen LogP contribution in [-0.2, 0) is 11.8 Å². The van der Waals surface area contributed by atoms with E-state index in [-0.39, 0.29) is 18.3 Å². The van der Waals surface area contributed by atoms with Gasteiger partial charge in [0.2, 0.25) is 5.92 Å². The lowest BCUT2D eigenvalue weighted by molar-refractivity contribution is -0.979. The van der Waals surface area contributed by atoms with Crippen molar-refractivity contribution in [2.45, 2.75) is 91.4 Å². The summed E-state index contributed by atoms with van der Waals surface area (Å²) in [6, 6.07) is 14.3. The van der Waals surface area contributed by atoms with Crippen LogP contribution in [0.1, 0.15) is 95.9 Å². The minimum atomic E-state index is -2.30. The van der Waals surface area contributed by atoms with Gasteiger partial charge in [-0.1, -0.05) is 77.3 Å². The number of hydrogen-bond acceptors (Lipinski definition) is 5. The maximum Gasteiger partial charge on any atom is 0.248 e. The zero-order valence-corrected chi connectivity index (χ0v) is 29.2. The Morgan fingerprint density at radius 2 is 1.87 bits per heavy atom. The summed E-state index contributed by atoms with van der Waals surface area (Å²) in [6.07, 6.45) is 9.53.